The summed E-state index contributed by atoms with van der Waals surface area (Å²) in [5.41, 5.74) is 1.55. The number of morpholine rings is 1. The molecule has 0 aliphatic carbocycles. The van der Waals surface area contributed by atoms with E-state index in [2.05, 4.69) is 25.5 Å². The first-order chi connectivity index (χ1) is 8.84. The van der Waals surface area contributed by atoms with E-state index >= 15 is 0 Å². The maximum Gasteiger partial charge on any atom is 0.206 e. The lowest BCUT2D eigenvalue weighted by molar-refractivity contribution is 0.122. The highest BCUT2D eigenvalue weighted by Gasteiger charge is 2.18. The molecule has 1 fully saturated rings. The predicted molar refractivity (Wildman–Crippen MR) is 62.6 cm³/mol. The van der Waals surface area contributed by atoms with Gasteiger partial charge in [0.05, 0.1) is 13.2 Å². The third-order valence-corrected chi connectivity index (χ3v) is 2.90. The van der Waals surface area contributed by atoms with Crippen LogP contribution in [0.3, 0.4) is 0 Å². The van der Waals surface area contributed by atoms with E-state index in [0.717, 1.165) is 18.8 Å². The lowest BCUT2D eigenvalue weighted by atomic mass is 10.1. The van der Waals surface area contributed by atoms with E-state index in [-0.39, 0.29) is 5.82 Å². The number of aromatic amines is 1. The van der Waals surface area contributed by atoms with Crippen LogP contribution >= 0.6 is 0 Å². The van der Waals surface area contributed by atoms with Gasteiger partial charge in [0, 0.05) is 24.3 Å². The summed E-state index contributed by atoms with van der Waals surface area (Å²) < 4.78 is 18.7. The minimum Gasteiger partial charge on any atom is -0.378 e. The van der Waals surface area contributed by atoms with E-state index < -0.39 is 0 Å². The van der Waals surface area contributed by atoms with Gasteiger partial charge in [-0.05, 0) is 23.4 Å². The van der Waals surface area contributed by atoms with Gasteiger partial charge in [-0.25, -0.2) is 4.39 Å². The highest BCUT2D eigenvalue weighted by Crippen LogP contribution is 2.29. The average Bonchev–Trinajstić information content (AvgIpc) is 2.93. The van der Waals surface area contributed by atoms with Gasteiger partial charge in [0.15, 0.2) is 0 Å². The van der Waals surface area contributed by atoms with Gasteiger partial charge in [-0.15, -0.1) is 10.2 Å². The molecule has 1 aliphatic rings. The fourth-order valence-corrected chi connectivity index (χ4v) is 2.04. The van der Waals surface area contributed by atoms with Gasteiger partial charge in [-0.3, -0.25) is 0 Å². The number of benzene rings is 1. The Balaban J connectivity index is 2.02. The molecule has 2 aromatic rings. The zero-order chi connectivity index (χ0) is 12.4. The van der Waals surface area contributed by atoms with Gasteiger partial charge in [0.25, 0.3) is 0 Å². The van der Waals surface area contributed by atoms with Crippen LogP contribution in [0.25, 0.3) is 11.4 Å². The Bertz CT molecular complexity index is 524. The van der Waals surface area contributed by atoms with E-state index in [4.69, 9.17) is 4.74 Å². The van der Waals surface area contributed by atoms with Crippen LogP contribution in [0.4, 0.5) is 10.1 Å². The Labute approximate surface area is 103 Å². The average molecular weight is 249 g/mol. The number of rotatable bonds is 2. The van der Waals surface area contributed by atoms with Crippen molar-refractivity contribution in [1.29, 1.82) is 0 Å². The summed E-state index contributed by atoms with van der Waals surface area (Å²) in [6, 6.07) is 4.61. The van der Waals surface area contributed by atoms with E-state index in [9.17, 15) is 4.39 Å². The first-order valence-corrected chi connectivity index (χ1v) is 5.70. The molecule has 1 aliphatic heterocycles. The van der Waals surface area contributed by atoms with Gasteiger partial charge < -0.3 is 9.64 Å². The monoisotopic (exact) mass is 249 g/mol. The van der Waals surface area contributed by atoms with Crippen LogP contribution in [0.1, 0.15) is 0 Å². The number of hydrogen-bond acceptors (Lipinski definition) is 5. The molecule has 0 amide bonds. The molecule has 0 bridgehead atoms. The number of hydrogen-bond donors (Lipinski definition) is 1. The first-order valence-electron chi connectivity index (χ1n) is 5.70. The smallest absolute Gasteiger partial charge is 0.206 e. The summed E-state index contributed by atoms with van der Waals surface area (Å²) in [6.07, 6.45) is 0. The molecule has 1 aromatic carbocycles. The maximum absolute atomic E-state index is 13.4. The van der Waals surface area contributed by atoms with Crippen molar-refractivity contribution in [1.82, 2.24) is 20.6 Å². The fraction of sp³-hybridized carbons (Fsp3) is 0.364. The summed E-state index contributed by atoms with van der Waals surface area (Å²) in [7, 11) is 0. The van der Waals surface area contributed by atoms with E-state index in [1.807, 2.05) is 0 Å². The number of anilines is 1. The molecular formula is C11H12FN5O. The molecular weight excluding hydrogens is 237 g/mol. The van der Waals surface area contributed by atoms with Crippen LogP contribution in [0, 0.1) is 5.82 Å². The van der Waals surface area contributed by atoms with Crippen LogP contribution < -0.4 is 4.90 Å². The Hall–Kier alpha value is -2.02. The second kappa shape index (κ2) is 4.69. The summed E-state index contributed by atoms with van der Waals surface area (Å²) in [6.45, 7) is 2.89. The van der Waals surface area contributed by atoms with Crippen LogP contribution in [0.5, 0.6) is 0 Å². The summed E-state index contributed by atoms with van der Waals surface area (Å²) in [5.74, 6) is 0.0859. The minimum absolute atomic E-state index is 0.313. The van der Waals surface area contributed by atoms with Gasteiger partial charge in [-0.1, -0.05) is 0 Å². The van der Waals surface area contributed by atoms with Crippen LogP contribution in [-0.2, 0) is 4.74 Å². The Morgan fingerprint density at radius 3 is 2.83 bits per heavy atom. The van der Waals surface area contributed by atoms with Gasteiger partial charge >= 0.3 is 0 Å². The normalized spacial score (nSPS) is 15.9. The Morgan fingerprint density at radius 2 is 2.11 bits per heavy atom. The molecule has 0 radical (unpaired) electrons. The summed E-state index contributed by atoms with van der Waals surface area (Å²) in [5, 5.41) is 13.7. The van der Waals surface area contributed by atoms with Crippen molar-refractivity contribution < 1.29 is 9.13 Å². The van der Waals surface area contributed by atoms with Crippen LogP contribution in [0.15, 0.2) is 18.2 Å². The zero-order valence-electron chi connectivity index (χ0n) is 9.64. The molecule has 3 rings (SSSR count). The number of nitrogens with one attached hydrogen (secondary N) is 1. The molecule has 1 N–H and O–H groups in total. The zero-order valence-corrected chi connectivity index (χ0v) is 9.64. The van der Waals surface area contributed by atoms with Crippen LogP contribution in [-0.4, -0.2) is 46.9 Å². The minimum atomic E-state index is -0.313. The number of ether oxygens (including phenoxy) is 1. The SMILES string of the molecule is Fc1ccc(N2CCOCC2)c(-c2nn[nH]n2)c1. The lowest BCUT2D eigenvalue weighted by Crippen LogP contribution is -2.36. The van der Waals surface area contributed by atoms with Crippen molar-refractivity contribution in [2.75, 3.05) is 31.2 Å². The number of nitrogens with zero attached hydrogens (tertiary/aromatic N) is 4. The molecule has 94 valence electrons. The quantitative estimate of drug-likeness (QED) is 0.854. The van der Waals surface area contributed by atoms with Gasteiger partial charge in [-0.2, -0.15) is 5.21 Å². The Kier molecular flexibility index (Phi) is 2.89. The van der Waals surface area contributed by atoms with E-state index in [0.29, 0.717) is 24.6 Å². The van der Waals surface area contributed by atoms with E-state index in [1.54, 1.807) is 6.07 Å². The Morgan fingerprint density at radius 1 is 1.28 bits per heavy atom. The van der Waals surface area contributed by atoms with Crippen molar-refractivity contribution in [3.63, 3.8) is 0 Å². The topological polar surface area (TPSA) is 66.9 Å². The van der Waals surface area contributed by atoms with Gasteiger partial charge in [0.2, 0.25) is 5.82 Å². The highest BCUT2D eigenvalue weighted by atomic mass is 19.1. The number of tetrazole rings is 1. The van der Waals surface area contributed by atoms with Crippen molar-refractivity contribution in [2.45, 2.75) is 0 Å². The van der Waals surface area contributed by atoms with Crippen LogP contribution in [0.2, 0.25) is 0 Å². The second-order valence-corrected chi connectivity index (χ2v) is 4.00. The molecule has 6 nitrogen and oxygen atoms in total. The predicted octanol–water partition coefficient (Wildman–Crippen LogP) is 0.842. The van der Waals surface area contributed by atoms with E-state index in [1.165, 1.54) is 12.1 Å². The molecule has 7 heteroatoms. The largest absolute Gasteiger partial charge is 0.378 e. The third-order valence-electron chi connectivity index (χ3n) is 2.90. The summed E-state index contributed by atoms with van der Waals surface area (Å²) >= 11 is 0. The first kappa shape index (κ1) is 11.1. The van der Waals surface area contributed by atoms with Crippen molar-refractivity contribution in [3.05, 3.63) is 24.0 Å². The molecule has 1 aromatic heterocycles. The number of aromatic nitrogens is 4. The second-order valence-electron chi connectivity index (χ2n) is 4.00. The molecule has 2 heterocycles. The number of halogens is 1. The molecule has 0 spiro atoms. The third kappa shape index (κ3) is 2.04. The highest BCUT2D eigenvalue weighted by molar-refractivity contribution is 5.74. The van der Waals surface area contributed by atoms with Crippen molar-refractivity contribution in [2.24, 2.45) is 0 Å². The van der Waals surface area contributed by atoms with Crippen molar-refractivity contribution >= 4 is 5.69 Å². The number of H-pyrrole nitrogens is 1. The standard InChI is InChI=1S/C11H12FN5O/c12-8-1-2-10(17-3-5-18-6-4-17)9(7-8)11-13-15-16-14-11/h1-2,7H,3-6H2,(H,13,14,15,16). The molecule has 0 saturated carbocycles. The molecule has 18 heavy (non-hydrogen) atoms. The molecule has 0 unspecified atom stereocenters. The lowest BCUT2D eigenvalue weighted by Gasteiger charge is -2.30. The van der Waals surface area contributed by atoms with Gasteiger partial charge in [0.1, 0.15) is 5.82 Å². The summed E-state index contributed by atoms with van der Waals surface area (Å²) in [4.78, 5) is 2.13. The van der Waals surface area contributed by atoms with Crippen molar-refractivity contribution in [3.8, 4) is 11.4 Å². The molecule has 1 saturated heterocycles. The molecule has 0 atom stereocenters. The fourth-order valence-electron chi connectivity index (χ4n) is 2.04. The maximum atomic E-state index is 13.4.